The second-order valence-electron chi connectivity index (χ2n) is 6.78. The zero-order valence-electron chi connectivity index (χ0n) is 15.7. The Morgan fingerprint density at radius 2 is 1.85 bits per heavy atom. The van der Waals surface area contributed by atoms with Crippen molar-refractivity contribution in [3.8, 4) is 5.75 Å². The number of aromatic nitrogens is 3. The van der Waals surface area contributed by atoms with Crippen LogP contribution in [0.4, 0.5) is 5.95 Å². The normalized spacial score (nSPS) is 16.5. The van der Waals surface area contributed by atoms with E-state index in [2.05, 4.69) is 15.4 Å². The SMILES string of the molecule is CC1=C(C(=O)OC(C)C)C(c2ccc(OC(C)C)cc2)n2ncnc2N1. The molecule has 26 heavy (non-hydrogen) atoms. The van der Waals surface area contributed by atoms with Gasteiger partial charge in [-0.05, 0) is 52.3 Å². The van der Waals surface area contributed by atoms with Gasteiger partial charge in [0.25, 0.3) is 0 Å². The number of benzene rings is 1. The Hall–Kier alpha value is -2.83. The van der Waals surface area contributed by atoms with E-state index in [0.717, 1.165) is 11.3 Å². The standard InChI is InChI=1S/C19H24N4O3/c1-11(2)25-15-8-6-14(7-9-15)17-16(18(24)26-12(3)4)13(5)22-19-20-10-21-23(17)19/h6-12,17H,1-5H3,(H,20,21,22). The summed E-state index contributed by atoms with van der Waals surface area (Å²) in [5.74, 6) is 1.01. The first-order valence-corrected chi connectivity index (χ1v) is 8.71. The van der Waals surface area contributed by atoms with Crippen molar-refractivity contribution in [3.63, 3.8) is 0 Å². The minimum absolute atomic E-state index is 0.0976. The number of carbonyl (C=O) groups is 1. The molecule has 0 saturated carbocycles. The van der Waals surface area contributed by atoms with Crippen molar-refractivity contribution in [1.29, 1.82) is 0 Å². The van der Waals surface area contributed by atoms with Crippen LogP contribution in [0.25, 0.3) is 0 Å². The molecule has 3 rings (SSSR count). The Bertz CT molecular complexity index is 822. The highest BCUT2D eigenvalue weighted by atomic mass is 16.5. The van der Waals surface area contributed by atoms with Gasteiger partial charge in [-0.1, -0.05) is 12.1 Å². The van der Waals surface area contributed by atoms with Gasteiger partial charge in [-0.3, -0.25) is 0 Å². The number of anilines is 1. The predicted octanol–water partition coefficient (Wildman–Crippen LogP) is 3.31. The Morgan fingerprint density at radius 3 is 2.46 bits per heavy atom. The summed E-state index contributed by atoms with van der Waals surface area (Å²) in [6.45, 7) is 9.47. The first-order chi connectivity index (χ1) is 12.4. The number of allylic oxidation sites excluding steroid dienone is 1. The summed E-state index contributed by atoms with van der Waals surface area (Å²) < 4.78 is 12.9. The van der Waals surface area contributed by atoms with Crippen LogP contribution in [0.2, 0.25) is 0 Å². The van der Waals surface area contributed by atoms with Gasteiger partial charge < -0.3 is 14.8 Å². The molecule has 1 aliphatic heterocycles. The number of hydrogen-bond acceptors (Lipinski definition) is 6. The smallest absolute Gasteiger partial charge is 0.338 e. The van der Waals surface area contributed by atoms with Crippen molar-refractivity contribution >= 4 is 11.9 Å². The van der Waals surface area contributed by atoms with E-state index in [1.807, 2.05) is 58.9 Å². The average Bonchev–Trinajstić information content (AvgIpc) is 3.01. The highest BCUT2D eigenvalue weighted by Crippen LogP contribution is 2.35. The lowest BCUT2D eigenvalue weighted by Gasteiger charge is -2.28. The van der Waals surface area contributed by atoms with Crippen LogP contribution in [0.15, 0.2) is 41.9 Å². The number of nitrogens with zero attached hydrogens (tertiary/aromatic N) is 3. The summed E-state index contributed by atoms with van der Waals surface area (Å²) in [5, 5.41) is 7.43. The Kier molecular flexibility index (Phi) is 4.97. The van der Waals surface area contributed by atoms with Crippen LogP contribution in [-0.2, 0) is 9.53 Å². The molecule has 0 radical (unpaired) electrons. The van der Waals surface area contributed by atoms with Crippen molar-refractivity contribution in [2.45, 2.75) is 52.9 Å². The third-order valence-corrected chi connectivity index (χ3v) is 3.92. The van der Waals surface area contributed by atoms with Crippen LogP contribution in [0.1, 0.15) is 46.2 Å². The van der Waals surface area contributed by atoms with Gasteiger partial charge in [0, 0.05) is 5.70 Å². The molecule has 2 heterocycles. The van der Waals surface area contributed by atoms with Crippen molar-refractivity contribution in [2.24, 2.45) is 0 Å². The summed E-state index contributed by atoms with van der Waals surface area (Å²) in [6, 6.07) is 7.27. The van der Waals surface area contributed by atoms with Crippen LogP contribution >= 0.6 is 0 Å². The van der Waals surface area contributed by atoms with Crippen molar-refractivity contribution in [2.75, 3.05) is 5.32 Å². The largest absolute Gasteiger partial charge is 0.491 e. The molecular weight excluding hydrogens is 332 g/mol. The molecule has 7 nitrogen and oxygen atoms in total. The molecule has 1 aromatic heterocycles. The molecular formula is C19H24N4O3. The maximum atomic E-state index is 12.7. The maximum Gasteiger partial charge on any atom is 0.338 e. The van der Waals surface area contributed by atoms with Gasteiger partial charge in [0.05, 0.1) is 17.8 Å². The number of hydrogen-bond donors (Lipinski definition) is 1. The van der Waals surface area contributed by atoms with E-state index < -0.39 is 6.04 Å². The quantitative estimate of drug-likeness (QED) is 0.828. The minimum Gasteiger partial charge on any atom is -0.491 e. The van der Waals surface area contributed by atoms with Crippen molar-refractivity contribution in [3.05, 3.63) is 47.4 Å². The molecule has 138 valence electrons. The van der Waals surface area contributed by atoms with Gasteiger partial charge in [0.1, 0.15) is 18.1 Å². The predicted molar refractivity (Wildman–Crippen MR) is 97.9 cm³/mol. The van der Waals surface area contributed by atoms with Gasteiger partial charge in [0.2, 0.25) is 5.95 Å². The topological polar surface area (TPSA) is 78.3 Å². The van der Waals surface area contributed by atoms with E-state index in [0.29, 0.717) is 17.2 Å². The molecule has 0 aliphatic carbocycles. The number of carbonyl (C=O) groups excluding carboxylic acids is 1. The molecule has 1 aliphatic rings. The Balaban J connectivity index is 2.02. The third-order valence-electron chi connectivity index (χ3n) is 3.92. The van der Waals surface area contributed by atoms with E-state index in [4.69, 9.17) is 9.47 Å². The summed E-state index contributed by atoms with van der Waals surface area (Å²) in [5.41, 5.74) is 2.14. The van der Waals surface area contributed by atoms with Gasteiger partial charge >= 0.3 is 5.97 Å². The fourth-order valence-corrected chi connectivity index (χ4v) is 2.94. The van der Waals surface area contributed by atoms with E-state index in [1.54, 1.807) is 4.68 Å². The molecule has 7 heteroatoms. The van der Waals surface area contributed by atoms with Crippen LogP contribution in [-0.4, -0.2) is 32.9 Å². The molecule has 0 spiro atoms. The van der Waals surface area contributed by atoms with Crippen LogP contribution in [0.5, 0.6) is 5.75 Å². The molecule has 2 aromatic rings. The minimum atomic E-state index is -0.409. The summed E-state index contributed by atoms with van der Waals surface area (Å²) in [4.78, 5) is 17.0. The van der Waals surface area contributed by atoms with E-state index in [-0.39, 0.29) is 18.2 Å². The first kappa shape index (κ1) is 18.0. The van der Waals surface area contributed by atoms with Gasteiger partial charge in [-0.15, -0.1) is 0 Å². The lowest BCUT2D eigenvalue weighted by Crippen LogP contribution is -2.30. The fraction of sp³-hybridized carbons (Fsp3) is 0.421. The maximum absolute atomic E-state index is 12.7. The number of esters is 1. The zero-order valence-corrected chi connectivity index (χ0v) is 15.7. The van der Waals surface area contributed by atoms with Crippen LogP contribution in [0, 0.1) is 0 Å². The molecule has 0 bridgehead atoms. The first-order valence-electron chi connectivity index (χ1n) is 8.71. The second kappa shape index (κ2) is 7.19. The lowest BCUT2D eigenvalue weighted by atomic mass is 9.95. The zero-order chi connectivity index (χ0) is 18.8. The van der Waals surface area contributed by atoms with E-state index in [9.17, 15) is 4.79 Å². The van der Waals surface area contributed by atoms with E-state index >= 15 is 0 Å². The van der Waals surface area contributed by atoms with Crippen LogP contribution in [0.3, 0.4) is 0 Å². The molecule has 1 atom stereocenters. The molecule has 0 saturated heterocycles. The number of ether oxygens (including phenoxy) is 2. The third kappa shape index (κ3) is 3.56. The number of rotatable bonds is 5. The van der Waals surface area contributed by atoms with Crippen molar-refractivity contribution < 1.29 is 14.3 Å². The average molecular weight is 356 g/mol. The van der Waals surface area contributed by atoms with Gasteiger partial charge in [-0.25, -0.2) is 9.48 Å². The summed E-state index contributed by atoms with van der Waals surface area (Å²) in [7, 11) is 0. The summed E-state index contributed by atoms with van der Waals surface area (Å²) >= 11 is 0. The Labute approximate surface area is 153 Å². The molecule has 0 fully saturated rings. The monoisotopic (exact) mass is 356 g/mol. The number of fused-ring (bicyclic) bond motifs is 1. The lowest BCUT2D eigenvalue weighted by molar-refractivity contribution is -0.143. The van der Waals surface area contributed by atoms with Crippen molar-refractivity contribution in [1.82, 2.24) is 14.8 Å². The number of nitrogens with one attached hydrogen (secondary N) is 1. The molecule has 1 N–H and O–H groups in total. The molecule has 1 unspecified atom stereocenters. The molecule has 1 aromatic carbocycles. The van der Waals surface area contributed by atoms with Gasteiger partial charge in [-0.2, -0.15) is 10.1 Å². The van der Waals surface area contributed by atoms with Gasteiger partial charge in [0.15, 0.2) is 0 Å². The Morgan fingerprint density at radius 1 is 1.15 bits per heavy atom. The second-order valence-corrected chi connectivity index (χ2v) is 6.78. The highest BCUT2D eigenvalue weighted by molar-refractivity contribution is 5.92. The van der Waals surface area contributed by atoms with Crippen LogP contribution < -0.4 is 10.1 Å². The summed E-state index contributed by atoms with van der Waals surface area (Å²) in [6.07, 6.45) is 1.36. The fourth-order valence-electron chi connectivity index (χ4n) is 2.94. The highest BCUT2D eigenvalue weighted by Gasteiger charge is 2.34. The molecule has 0 amide bonds. The van der Waals surface area contributed by atoms with E-state index in [1.165, 1.54) is 6.33 Å².